The van der Waals surface area contributed by atoms with E-state index in [4.69, 9.17) is 16.3 Å². The molecule has 0 spiro atoms. The zero-order valence-corrected chi connectivity index (χ0v) is 15.0. The van der Waals surface area contributed by atoms with Gasteiger partial charge in [0.05, 0.1) is 24.9 Å². The standard InChI is InChI=1S/C18H18ClF3N2O2/c1-24(10-12-3-6-14(26-2)7-4-12)11-17(25)23-16-8-5-13(19)9-15(16)18(20,21)22/h3-9H,10-11H2,1-2H3,(H,23,25). The van der Waals surface area contributed by atoms with Crippen molar-refractivity contribution in [3.8, 4) is 5.75 Å². The van der Waals surface area contributed by atoms with E-state index in [1.807, 2.05) is 12.1 Å². The van der Waals surface area contributed by atoms with Crippen molar-refractivity contribution in [2.24, 2.45) is 0 Å². The highest BCUT2D eigenvalue weighted by Gasteiger charge is 2.34. The van der Waals surface area contributed by atoms with Crippen LogP contribution in [-0.4, -0.2) is 31.5 Å². The van der Waals surface area contributed by atoms with Crippen LogP contribution in [0.15, 0.2) is 42.5 Å². The lowest BCUT2D eigenvalue weighted by atomic mass is 10.1. The maximum Gasteiger partial charge on any atom is 0.418 e. The Kier molecular flexibility index (Phi) is 6.50. The van der Waals surface area contributed by atoms with Crippen molar-refractivity contribution in [1.82, 2.24) is 4.90 Å². The van der Waals surface area contributed by atoms with E-state index >= 15 is 0 Å². The minimum absolute atomic E-state index is 0.0491. The highest BCUT2D eigenvalue weighted by molar-refractivity contribution is 6.30. The Balaban J connectivity index is 1.99. The quantitative estimate of drug-likeness (QED) is 0.798. The van der Waals surface area contributed by atoms with Gasteiger partial charge in [-0.05, 0) is 42.9 Å². The van der Waals surface area contributed by atoms with Gasteiger partial charge in [-0.3, -0.25) is 9.69 Å². The first-order valence-electron chi connectivity index (χ1n) is 7.67. The minimum Gasteiger partial charge on any atom is -0.497 e. The smallest absolute Gasteiger partial charge is 0.418 e. The second-order valence-electron chi connectivity index (χ2n) is 5.76. The van der Waals surface area contributed by atoms with E-state index in [2.05, 4.69) is 5.32 Å². The molecule has 0 unspecified atom stereocenters. The van der Waals surface area contributed by atoms with Gasteiger partial charge in [-0.25, -0.2) is 0 Å². The number of carbonyl (C=O) groups is 1. The molecule has 0 aromatic heterocycles. The summed E-state index contributed by atoms with van der Waals surface area (Å²) in [6, 6.07) is 10.5. The molecule has 140 valence electrons. The van der Waals surface area contributed by atoms with Crippen LogP contribution in [-0.2, 0) is 17.5 Å². The van der Waals surface area contributed by atoms with Crippen LogP contribution in [0, 0.1) is 0 Å². The molecule has 0 aliphatic heterocycles. The number of likely N-dealkylation sites (N-methyl/N-ethyl adjacent to an activating group) is 1. The first-order chi connectivity index (χ1) is 12.2. The lowest BCUT2D eigenvalue weighted by molar-refractivity contribution is -0.137. The molecular formula is C18H18ClF3N2O2. The molecule has 4 nitrogen and oxygen atoms in total. The summed E-state index contributed by atoms with van der Waals surface area (Å²) in [5.41, 5.74) is -0.343. The Labute approximate surface area is 154 Å². The van der Waals surface area contributed by atoms with E-state index in [0.717, 1.165) is 23.4 Å². The van der Waals surface area contributed by atoms with Crippen LogP contribution in [0.4, 0.5) is 18.9 Å². The van der Waals surface area contributed by atoms with Gasteiger partial charge < -0.3 is 10.1 Å². The fourth-order valence-corrected chi connectivity index (χ4v) is 2.57. The second-order valence-corrected chi connectivity index (χ2v) is 6.19. The fourth-order valence-electron chi connectivity index (χ4n) is 2.39. The first-order valence-corrected chi connectivity index (χ1v) is 8.05. The molecule has 0 bridgehead atoms. The van der Waals surface area contributed by atoms with Crippen molar-refractivity contribution in [3.05, 3.63) is 58.6 Å². The van der Waals surface area contributed by atoms with Gasteiger partial charge in [0.1, 0.15) is 5.75 Å². The average Bonchev–Trinajstić information content (AvgIpc) is 2.56. The number of benzene rings is 2. The van der Waals surface area contributed by atoms with Crippen LogP contribution in [0.2, 0.25) is 5.02 Å². The van der Waals surface area contributed by atoms with Gasteiger partial charge >= 0.3 is 6.18 Å². The molecule has 1 amide bonds. The lowest BCUT2D eigenvalue weighted by Gasteiger charge is -2.18. The number of hydrogen-bond donors (Lipinski definition) is 1. The largest absolute Gasteiger partial charge is 0.497 e. The van der Waals surface area contributed by atoms with Gasteiger partial charge in [-0.15, -0.1) is 0 Å². The molecule has 2 aromatic carbocycles. The van der Waals surface area contributed by atoms with E-state index in [9.17, 15) is 18.0 Å². The number of carbonyl (C=O) groups excluding carboxylic acids is 1. The van der Waals surface area contributed by atoms with Crippen molar-refractivity contribution in [1.29, 1.82) is 0 Å². The Morgan fingerprint density at radius 1 is 1.19 bits per heavy atom. The van der Waals surface area contributed by atoms with Gasteiger partial charge in [-0.2, -0.15) is 13.2 Å². The molecule has 0 radical (unpaired) electrons. The number of alkyl halides is 3. The van der Waals surface area contributed by atoms with E-state index in [1.54, 1.807) is 31.2 Å². The summed E-state index contributed by atoms with van der Waals surface area (Å²) in [6.45, 7) is 0.399. The Hall–Kier alpha value is -2.25. The SMILES string of the molecule is COc1ccc(CN(C)CC(=O)Nc2ccc(Cl)cc2C(F)(F)F)cc1. The fraction of sp³-hybridized carbons (Fsp3) is 0.278. The zero-order valence-electron chi connectivity index (χ0n) is 14.2. The van der Waals surface area contributed by atoms with Crippen molar-refractivity contribution in [2.45, 2.75) is 12.7 Å². The third kappa shape index (κ3) is 5.64. The molecule has 0 fully saturated rings. The van der Waals surface area contributed by atoms with Crippen LogP contribution >= 0.6 is 11.6 Å². The molecule has 0 saturated carbocycles. The molecule has 0 heterocycles. The Bertz CT molecular complexity index is 764. The second kappa shape index (κ2) is 8.42. The van der Waals surface area contributed by atoms with Crippen LogP contribution < -0.4 is 10.1 Å². The predicted octanol–water partition coefficient (Wildman–Crippen LogP) is 4.44. The summed E-state index contributed by atoms with van der Waals surface area (Å²) in [5, 5.41) is 2.25. The minimum atomic E-state index is -4.61. The topological polar surface area (TPSA) is 41.6 Å². The average molecular weight is 387 g/mol. The maximum atomic E-state index is 13.1. The Morgan fingerprint density at radius 2 is 1.85 bits per heavy atom. The van der Waals surface area contributed by atoms with Crippen molar-refractivity contribution >= 4 is 23.2 Å². The molecule has 1 N–H and O–H groups in total. The number of halogens is 4. The number of amides is 1. The van der Waals surface area contributed by atoms with Crippen molar-refractivity contribution in [3.63, 3.8) is 0 Å². The highest BCUT2D eigenvalue weighted by atomic mass is 35.5. The number of anilines is 1. The predicted molar refractivity (Wildman–Crippen MR) is 94.4 cm³/mol. The monoisotopic (exact) mass is 386 g/mol. The number of methoxy groups -OCH3 is 1. The molecule has 2 aromatic rings. The maximum absolute atomic E-state index is 13.1. The van der Waals surface area contributed by atoms with Gasteiger partial charge in [0, 0.05) is 11.6 Å². The van der Waals surface area contributed by atoms with Crippen LogP contribution in [0.5, 0.6) is 5.75 Å². The zero-order chi connectivity index (χ0) is 19.3. The van der Waals surface area contributed by atoms with Crippen molar-refractivity contribution in [2.75, 3.05) is 26.0 Å². The van der Waals surface area contributed by atoms with Crippen LogP contribution in [0.25, 0.3) is 0 Å². The molecular weight excluding hydrogens is 369 g/mol. The number of ether oxygens (including phenoxy) is 1. The van der Waals surface area contributed by atoms with Crippen LogP contribution in [0.3, 0.4) is 0 Å². The van der Waals surface area contributed by atoms with E-state index in [-0.39, 0.29) is 17.3 Å². The third-order valence-electron chi connectivity index (χ3n) is 3.59. The van der Waals surface area contributed by atoms with Gasteiger partial charge in [0.2, 0.25) is 5.91 Å². The number of rotatable bonds is 6. The van der Waals surface area contributed by atoms with E-state index in [1.165, 1.54) is 6.07 Å². The highest BCUT2D eigenvalue weighted by Crippen LogP contribution is 2.36. The van der Waals surface area contributed by atoms with Crippen molar-refractivity contribution < 1.29 is 22.7 Å². The number of nitrogens with one attached hydrogen (secondary N) is 1. The molecule has 0 saturated heterocycles. The summed E-state index contributed by atoms with van der Waals surface area (Å²) in [7, 11) is 3.27. The normalized spacial score (nSPS) is 11.5. The van der Waals surface area contributed by atoms with E-state index in [0.29, 0.717) is 6.54 Å². The Morgan fingerprint density at radius 3 is 2.42 bits per heavy atom. The molecule has 0 atom stereocenters. The van der Waals surface area contributed by atoms with E-state index < -0.39 is 17.6 Å². The summed E-state index contributed by atoms with van der Waals surface area (Å²) < 4.78 is 44.3. The molecule has 2 rings (SSSR count). The van der Waals surface area contributed by atoms with Gasteiger partial charge in [0.15, 0.2) is 0 Å². The lowest BCUT2D eigenvalue weighted by Crippen LogP contribution is -2.30. The molecule has 0 aliphatic carbocycles. The summed E-state index contributed by atoms with van der Waals surface area (Å²) in [5.74, 6) is 0.172. The van der Waals surface area contributed by atoms with Gasteiger partial charge in [-0.1, -0.05) is 23.7 Å². The summed E-state index contributed by atoms with van der Waals surface area (Å²) in [4.78, 5) is 13.8. The number of hydrogen-bond acceptors (Lipinski definition) is 3. The molecule has 0 aliphatic rings. The van der Waals surface area contributed by atoms with Crippen LogP contribution in [0.1, 0.15) is 11.1 Å². The summed E-state index contributed by atoms with van der Waals surface area (Å²) >= 11 is 5.63. The molecule has 26 heavy (non-hydrogen) atoms. The van der Waals surface area contributed by atoms with Gasteiger partial charge in [0.25, 0.3) is 0 Å². The number of nitrogens with zero attached hydrogens (tertiary/aromatic N) is 1. The third-order valence-corrected chi connectivity index (χ3v) is 3.82. The molecule has 8 heteroatoms. The summed E-state index contributed by atoms with van der Waals surface area (Å²) in [6.07, 6.45) is -4.61. The first kappa shape index (κ1) is 20.1.